The van der Waals surface area contributed by atoms with Crippen LogP contribution in [0.15, 0.2) is 41.3 Å². The summed E-state index contributed by atoms with van der Waals surface area (Å²) < 4.78 is 34.5. The highest BCUT2D eigenvalue weighted by molar-refractivity contribution is 7.87. The Kier molecular flexibility index (Phi) is 4.98. The number of nitro groups is 1. The molecule has 0 N–H and O–H groups in total. The Morgan fingerprint density at radius 2 is 1.78 bits per heavy atom. The zero-order valence-electron chi connectivity index (χ0n) is 11.5. The SMILES string of the molecule is COc1ccc(Cl)c(S(=O)(=O)Oc2ccc([N+](=O)[O-])cc2Cl)c1. The Hall–Kier alpha value is -2.03. The van der Waals surface area contributed by atoms with Crippen molar-refractivity contribution in [2.75, 3.05) is 7.11 Å². The van der Waals surface area contributed by atoms with Gasteiger partial charge in [-0.3, -0.25) is 10.1 Å². The average Bonchev–Trinajstić information content (AvgIpc) is 2.49. The molecule has 7 nitrogen and oxygen atoms in total. The molecule has 0 aliphatic carbocycles. The van der Waals surface area contributed by atoms with Crippen LogP contribution in [-0.2, 0) is 10.1 Å². The van der Waals surface area contributed by atoms with Crippen molar-refractivity contribution in [1.29, 1.82) is 0 Å². The fraction of sp³-hybridized carbons (Fsp3) is 0.0769. The molecule has 2 aromatic carbocycles. The lowest BCUT2D eigenvalue weighted by Crippen LogP contribution is -2.11. The van der Waals surface area contributed by atoms with Crippen LogP contribution in [0.25, 0.3) is 0 Å². The number of nitro benzene ring substituents is 1. The molecule has 0 bridgehead atoms. The first-order valence-corrected chi connectivity index (χ1v) is 8.13. The smallest absolute Gasteiger partial charge is 0.340 e. The number of benzene rings is 2. The Bertz CT molecular complexity index is 869. The van der Waals surface area contributed by atoms with Gasteiger partial charge < -0.3 is 8.92 Å². The summed E-state index contributed by atoms with van der Waals surface area (Å²) in [5.41, 5.74) is -0.292. The predicted octanol–water partition coefficient (Wildman–Crippen LogP) is 3.68. The lowest BCUT2D eigenvalue weighted by molar-refractivity contribution is -0.384. The first-order valence-electron chi connectivity index (χ1n) is 5.96. The van der Waals surface area contributed by atoms with Crippen molar-refractivity contribution in [1.82, 2.24) is 0 Å². The van der Waals surface area contributed by atoms with Crippen molar-refractivity contribution >= 4 is 39.0 Å². The fourth-order valence-electron chi connectivity index (χ4n) is 1.64. The summed E-state index contributed by atoms with van der Waals surface area (Å²) in [6, 6.07) is 7.17. The van der Waals surface area contributed by atoms with Crippen LogP contribution >= 0.6 is 23.2 Å². The van der Waals surface area contributed by atoms with Crippen LogP contribution in [0.3, 0.4) is 0 Å². The minimum absolute atomic E-state index is 0.0659. The highest BCUT2D eigenvalue weighted by Gasteiger charge is 2.23. The quantitative estimate of drug-likeness (QED) is 0.447. The maximum absolute atomic E-state index is 12.3. The van der Waals surface area contributed by atoms with Crippen LogP contribution in [0.1, 0.15) is 0 Å². The highest BCUT2D eigenvalue weighted by Crippen LogP contribution is 2.33. The molecule has 0 saturated carbocycles. The Morgan fingerprint density at radius 3 is 2.35 bits per heavy atom. The molecular weight excluding hydrogens is 369 g/mol. The first-order chi connectivity index (χ1) is 10.7. The molecule has 0 atom stereocenters. The summed E-state index contributed by atoms with van der Waals surface area (Å²) in [7, 11) is -2.93. The minimum Gasteiger partial charge on any atom is -0.497 e. The van der Waals surface area contributed by atoms with Gasteiger partial charge in [-0.2, -0.15) is 8.42 Å². The van der Waals surface area contributed by atoms with E-state index in [0.717, 1.165) is 18.2 Å². The standard InChI is InChI=1S/C13H9Cl2NO6S/c1-21-9-3-4-10(14)13(7-9)23(19,20)22-12-5-2-8(16(17)18)6-11(12)15/h2-7H,1H3. The minimum atomic E-state index is -4.30. The van der Waals surface area contributed by atoms with Crippen molar-refractivity contribution in [3.8, 4) is 11.5 Å². The van der Waals surface area contributed by atoms with Crippen molar-refractivity contribution in [3.63, 3.8) is 0 Å². The Balaban J connectivity index is 2.41. The van der Waals surface area contributed by atoms with Gasteiger partial charge in [0.2, 0.25) is 0 Å². The molecule has 0 radical (unpaired) electrons. The average molecular weight is 378 g/mol. The van der Waals surface area contributed by atoms with Crippen LogP contribution in [-0.4, -0.2) is 20.5 Å². The second-order valence-corrected chi connectivity index (χ2v) is 6.53. The third-order valence-electron chi connectivity index (χ3n) is 2.73. The largest absolute Gasteiger partial charge is 0.497 e. The maximum atomic E-state index is 12.3. The van der Waals surface area contributed by atoms with Crippen molar-refractivity contribution in [2.24, 2.45) is 0 Å². The Labute approximate surface area is 141 Å². The highest BCUT2D eigenvalue weighted by atomic mass is 35.5. The molecule has 0 unspecified atom stereocenters. The van der Waals surface area contributed by atoms with E-state index in [1.807, 2.05) is 0 Å². The lowest BCUT2D eigenvalue weighted by Gasteiger charge is -2.10. The molecule has 0 saturated heterocycles. The molecule has 10 heteroatoms. The van der Waals surface area contributed by atoms with Gasteiger partial charge in [0.05, 0.1) is 22.1 Å². The molecule has 23 heavy (non-hydrogen) atoms. The van der Waals surface area contributed by atoms with Gasteiger partial charge in [-0.25, -0.2) is 0 Å². The summed E-state index contributed by atoms with van der Waals surface area (Å²) in [5, 5.41) is 10.4. The van der Waals surface area contributed by atoms with E-state index in [1.165, 1.54) is 25.3 Å². The van der Waals surface area contributed by atoms with Gasteiger partial charge in [-0.15, -0.1) is 0 Å². The molecule has 122 valence electrons. The zero-order chi connectivity index (χ0) is 17.2. The third kappa shape index (κ3) is 3.84. The number of ether oxygens (including phenoxy) is 1. The van der Waals surface area contributed by atoms with Gasteiger partial charge in [-0.1, -0.05) is 23.2 Å². The van der Waals surface area contributed by atoms with Gasteiger partial charge in [0, 0.05) is 18.2 Å². The molecule has 0 spiro atoms. The van der Waals surface area contributed by atoms with Crippen LogP contribution in [0.4, 0.5) is 5.69 Å². The normalized spacial score (nSPS) is 11.1. The van der Waals surface area contributed by atoms with Gasteiger partial charge in [0.25, 0.3) is 5.69 Å². The lowest BCUT2D eigenvalue weighted by atomic mass is 10.3. The van der Waals surface area contributed by atoms with E-state index >= 15 is 0 Å². The second kappa shape index (κ2) is 6.61. The molecule has 0 aliphatic rings. The van der Waals surface area contributed by atoms with Crippen LogP contribution in [0.2, 0.25) is 10.0 Å². The molecule has 2 rings (SSSR count). The van der Waals surface area contributed by atoms with Crippen LogP contribution in [0, 0.1) is 10.1 Å². The molecule has 0 fully saturated rings. The monoisotopic (exact) mass is 377 g/mol. The molecule has 0 heterocycles. The molecular formula is C13H9Cl2NO6S. The van der Waals surface area contributed by atoms with E-state index in [1.54, 1.807) is 0 Å². The molecule has 0 aliphatic heterocycles. The van der Waals surface area contributed by atoms with Crippen molar-refractivity contribution < 1.29 is 22.3 Å². The number of rotatable bonds is 5. The molecule has 0 amide bonds. The first kappa shape index (κ1) is 17.3. The summed E-state index contributed by atoms with van der Waals surface area (Å²) in [6.45, 7) is 0. The number of methoxy groups -OCH3 is 1. The van der Waals surface area contributed by atoms with Gasteiger partial charge in [0.1, 0.15) is 10.6 Å². The van der Waals surface area contributed by atoms with E-state index < -0.39 is 15.0 Å². The summed E-state index contributed by atoms with van der Waals surface area (Å²) in [4.78, 5) is 9.67. The summed E-state index contributed by atoms with van der Waals surface area (Å²) >= 11 is 11.7. The molecule has 2 aromatic rings. The number of nitrogens with zero attached hydrogens (tertiary/aromatic N) is 1. The number of hydrogen-bond acceptors (Lipinski definition) is 6. The number of hydrogen-bond donors (Lipinski definition) is 0. The molecule has 0 aromatic heterocycles. The third-order valence-corrected chi connectivity index (χ3v) is 4.75. The summed E-state index contributed by atoms with van der Waals surface area (Å²) in [5.74, 6) is 0.0162. The number of halogens is 2. The van der Waals surface area contributed by atoms with E-state index in [4.69, 9.17) is 32.1 Å². The van der Waals surface area contributed by atoms with E-state index in [2.05, 4.69) is 0 Å². The van der Waals surface area contributed by atoms with E-state index in [0.29, 0.717) is 0 Å². The van der Waals surface area contributed by atoms with Gasteiger partial charge in [0.15, 0.2) is 5.75 Å². The van der Waals surface area contributed by atoms with E-state index in [-0.39, 0.29) is 32.1 Å². The zero-order valence-corrected chi connectivity index (χ0v) is 13.9. The number of non-ortho nitro benzene ring substituents is 1. The van der Waals surface area contributed by atoms with Gasteiger partial charge >= 0.3 is 10.1 Å². The van der Waals surface area contributed by atoms with E-state index in [9.17, 15) is 18.5 Å². The van der Waals surface area contributed by atoms with Crippen molar-refractivity contribution in [2.45, 2.75) is 4.90 Å². The Morgan fingerprint density at radius 1 is 1.09 bits per heavy atom. The van der Waals surface area contributed by atoms with Crippen LogP contribution < -0.4 is 8.92 Å². The maximum Gasteiger partial charge on any atom is 0.340 e. The van der Waals surface area contributed by atoms with Gasteiger partial charge in [-0.05, 0) is 18.2 Å². The van der Waals surface area contributed by atoms with Crippen molar-refractivity contribution in [3.05, 3.63) is 56.6 Å². The fourth-order valence-corrected chi connectivity index (χ4v) is 3.34. The second-order valence-electron chi connectivity index (χ2n) is 4.21. The summed E-state index contributed by atoms with van der Waals surface area (Å²) in [6.07, 6.45) is 0. The topological polar surface area (TPSA) is 95.7 Å². The predicted molar refractivity (Wildman–Crippen MR) is 83.9 cm³/mol. The van der Waals surface area contributed by atoms with Crippen LogP contribution in [0.5, 0.6) is 11.5 Å².